The Bertz CT molecular complexity index is 399. The molecule has 1 aromatic rings. The minimum atomic E-state index is -0.262. The molecule has 17 heavy (non-hydrogen) atoms. The number of pyridine rings is 1. The van der Waals surface area contributed by atoms with E-state index < -0.39 is 0 Å². The molecule has 1 N–H and O–H groups in total. The molecule has 2 heterocycles. The van der Waals surface area contributed by atoms with Gasteiger partial charge in [0.15, 0.2) is 0 Å². The molecule has 1 aliphatic rings. The lowest BCUT2D eigenvalue weighted by Crippen LogP contribution is -2.51. The molecule has 0 spiro atoms. The number of hydrogen-bond acceptors (Lipinski definition) is 3. The number of carbonyl (C=O) groups is 1. The number of amides is 1. The van der Waals surface area contributed by atoms with Gasteiger partial charge in [0.05, 0.1) is 17.7 Å². The van der Waals surface area contributed by atoms with Crippen LogP contribution in [0.25, 0.3) is 0 Å². The van der Waals surface area contributed by atoms with Crippen LogP contribution in [0.5, 0.6) is 0 Å². The van der Waals surface area contributed by atoms with Crippen molar-refractivity contribution in [3.63, 3.8) is 0 Å². The Morgan fingerprint density at radius 3 is 3.00 bits per heavy atom. The fourth-order valence-electron chi connectivity index (χ4n) is 1.89. The van der Waals surface area contributed by atoms with E-state index in [0.717, 1.165) is 24.1 Å². The Morgan fingerprint density at radius 1 is 1.59 bits per heavy atom. The molecule has 1 saturated heterocycles. The van der Waals surface area contributed by atoms with Gasteiger partial charge in [-0.15, -0.1) is 0 Å². The van der Waals surface area contributed by atoms with Crippen LogP contribution in [0.3, 0.4) is 0 Å². The summed E-state index contributed by atoms with van der Waals surface area (Å²) in [5.41, 5.74) is 0.308. The van der Waals surface area contributed by atoms with Gasteiger partial charge in [0.25, 0.3) is 5.91 Å². The van der Waals surface area contributed by atoms with E-state index in [-0.39, 0.29) is 11.4 Å². The summed E-state index contributed by atoms with van der Waals surface area (Å²) < 4.78 is 6.13. The predicted octanol–water partition coefficient (Wildman–Crippen LogP) is 2.14. The average molecular weight is 299 g/mol. The van der Waals surface area contributed by atoms with Crippen LogP contribution in [0, 0.1) is 0 Å². The smallest absolute Gasteiger partial charge is 0.253 e. The fraction of sp³-hybridized carbons (Fsp3) is 0.500. The van der Waals surface area contributed by atoms with E-state index in [9.17, 15) is 4.79 Å². The van der Waals surface area contributed by atoms with Gasteiger partial charge in [-0.3, -0.25) is 4.79 Å². The number of halogens is 1. The maximum Gasteiger partial charge on any atom is 0.253 e. The number of rotatable bonds is 2. The number of carbonyl (C=O) groups excluding carboxylic acids is 1. The molecular weight excluding hydrogens is 284 g/mol. The second-order valence-corrected chi connectivity index (χ2v) is 5.35. The zero-order chi connectivity index (χ0) is 12.3. The first kappa shape index (κ1) is 12.5. The quantitative estimate of drug-likeness (QED) is 0.851. The van der Waals surface area contributed by atoms with Crippen molar-refractivity contribution in [2.45, 2.75) is 25.3 Å². The molecule has 0 radical (unpaired) electrons. The van der Waals surface area contributed by atoms with E-state index in [2.05, 4.69) is 26.2 Å². The van der Waals surface area contributed by atoms with E-state index in [0.29, 0.717) is 12.2 Å². The summed E-state index contributed by atoms with van der Waals surface area (Å²) in [4.78, 5) is 16.0. The predicted molar refractivity (Wildman–Crippen MR) is 67.9 cm³/mol. The van der Waals surface area contributed by atoms with Gasteiger partial charge in [-0.05, 0) is 47.8 Å². The van der Waals surface area contributed by atoms with Gasteiger partial charge >= 0.3 is 0 Å². The highest BCUT2D eigenvalue weighted by atomic mass is 79.9. The molecule has 1 aromatic heterocycles. The lowest BCUT2D eigenvalue weighted by atomic mass is 9.94. The van der Waals surface area contributed by atoms with Gasteiger partial charge in [-0.2, -0.15) is 0 Å². The Balaban J connectivity index is 2.03. The van der Waals surface area contributed by atoms with Crippen LogP contribution in [-0.4, -0.2) is 29.6 Å². The van der Waals surface area contributed by atoms with Crippen molar-refractivity contribution < 1.29 is 9.53 Å². The summed E-state index contributed by atoms with van der Waals surface area (Å²) in [6, 6.07) is 3.51. The Labute approximate surface area is 109 Å². The minimum Gasteiger partial charge on any atom is -0.379 e. The largest absolute Gasteiger partial charge is 0.379 e. The van der Waals surface area contributed by atoms with Crippen molar-refractivity contribution in [1.29, 1.82) is 0 Å². The zero-order valence-electron chi connectivity index (χ0n) is 9.70. The van der Waals surface area contributed by atoms with Crippen molar-refractivity contribution in [3.05, 3.63) is 28.5 Å². The SMILES string of the molecule is CC1(NC(=O)c2ccc(Br)nc2)CCCOC1. The first-order chi connectivity index (χ1) is 8.09. The summed E-state index contributed by atoms with van der Waals surface area (Å²) in [6.07, 6.45) is 3.49. The number of ether oxygens (including phenoxy) is 1. The fourth-order valence-corrected chi connectivity index (χ4v) is 2.12. The van der Waals surface area contributed by atoms with Crippen LogP contribution < -0.4 is 5.32 Å². The molecule has 1 amide bonds. The monoisotopic (exact) mass is 298 g/mol. The lowest BCUT2D eigenvalue weighted by molar-refractivity contribution is 0.0272. The highest BCUT2D eigenvalue weighted by molar-refractivity contribution is 9.10. The molecular formula is C12H15BrN2O2. The van der Waals surface area contributed by atoms with E-state index in [4.69, 9.17) is 4.74 Å². The van der Waals surface area contributed by atoms with Gasteiger partial charge in [0, 0.05) is 12.8 Å². The zero-order valence-corrected chi connectivity index (χ0v) is 11.3. The van der Waals surface area contributed by atoms with Crippen LogP contribution in [0.4, 0.5) is 0 Å². The molecule has 0 saturated carbocycles. The summed E-state index contributed by atoms with van der Waals surface area (Å²) in [6.45, 7) is 3.37. The Kier molecular flexibility index (Phi) is 3.79. The molecule has 0 aromatic carbocycles. The van der Waals surface area contributed by atoms with Gasteiger partial charge in [-0.1, -0.05) is 0 Å². The van der Waals surface area contributed by atoms with Crippen molar-refractivity contribution in [2.24, 2.45) is 0 Å². The van der Waals surface area contributed by atoms with Crippen molar-refractivity contribution in [2.75, 3.05) is 13.2 Å². The molecule has 1 unspecified atom stereocenters. The first-order valence-electron chi connectivity index (χ1n) is 5.61. The number of hydrogen-bond donors (Lipinski definition) is 1. The average Bonchev–Trinajstić information content (AvgIpc) is 2.30. The van der Waals surface area contributed by atoms with Crippen molar-refractivity contribution in [3.8, 4) is 0 Å². The van der Waals surface area contributed by atoms with Crippen LogP contribution in [0.15, 0.2) is 22.9 Å². The second-order valence-electron chi connectivity index (χ2n) is 4.54. The van der Waals surface area contributed by atoms with E-state index in [1.165, 1.54) is 0 Å². The van der Waals surface area contributed by atoms with Gasteiger partial charge in [-0.25, -0.2) is 4.98 Å². The van der Waals surface area contributed by atoms with Crippen LogP contribution in [0.2, 0.25) is 0 Å². The third kappa shape index (κ3) is 3.26. The molecule has 0 aliphatic carbocycles. The molecule has 2 rings (SSSR count). The molecule has 1 atom stereocenters. The van der Waals surface area contributed by atoms with Crippen LogP contribution in [0.1, 0.15) is 30.1 Å². The Morgan fingerprint density at radius 2 is 2.41 bits per heavy atom. The molecule has 1 aliphatic heterocycles. The van der Waals surface area contributed by atoms with E-state index >= 15 is 0 Å². The molecule has 92 valence electrons. The van der Waals surface area contributed by atoms with E-state index in [1.54, 1.807) is 18.3 Å². The lowest BCUT2D eigenvalue weighted by Gasteiger charge is -2.34. The normalized spacial score (nSPS) is 24.4. The summed E-state index contributed by atoms with van der Waals surface area (Å²) in [5, 5.41) is 3.01. The summed E-state index contributed by atoms with van der Waals surface area (Å²) in [5.74, 6) is -0.0991. The topological polar surface area (TPSA) is 51.2 Å². The number of nitrogens with zero attached hydrogens (tertiary/aromatic N) is 1. The summed E-state index contributed by atoms with van der Waals surface area (Å²) >= 11 is 3.24. The van der Waals surface area contributed by atoms with Crippen LogP contribution >= 0.6 is 15.9 Å². The van der Waals surface area contributed by atoms with Gasteiger partial charge in [0.2, 0.25) is 0 Å². The van der Waals surface area contributed by atoms with Crippen LogP contribution in [-0.2, 0) is 4.74 Å². The van der Waals surface area contributed by atoms with E-state index in [1.807, 2.05) is 6.92 Å². The number of aromatic nitrogens is 1. The molecule has 0 bridgehead atoms. The highest BCUT2D eigenvalue weighted by Gasteiger charge is 2.29. The maximum absolute atomic E-state index is 12.0. The highest BCUT2D eigenvalue weighted by Crippen LogP contribution is 2.19. The molecule has 4 nitrogen and oxygen atoms in total. The van der Waals surface area contributed by atoms with Gasteiger partial charge < -0.3 is 10.1 Å². The Hall–Kier alpha value is -0.940. The molecule has 5 heteroatoms. The standard InChI is InChI=1S/C12H15BrN2O2/c1-12(5-2-6-17-8-12)15-11(16)9-3-4-10(13)14-7-9/h3-4,7H,2,5-6,8H2,1H3,(H,15,16). The van der Waals surface area contributed by atoms with Crippen molar-refractivity contribution >= 4 is 21.8 Å². The maximum atomic E-state index is 12.0. The minimum absolute atomic E-state index is 0.0991. The van der Waals surface area contributed by atoms with Gasteiger partial charge in [0.1, 0.15) is 4.60 Å². The third-order valence-corrected chi connectivity index (χ3v) is 3.31. The molecule has 1 fully saturated rings. The second kappa shape index (κ2) is 5.14. The summed E-state index contributed by atoms with van der Waals surface area (Å²) in [7, 11) is 0. The third-order valence-electron chi connectivity index (χ3n) is 2.84. The number of nitrogens with one attached hydrogen (secondary N) is 1. The van der Waals surface area contributed by atoms with Crippen molar-refractivity contribution in [1.82, 2.24) is 10.3 Å². The first-order valence-corrected chi connectivity index (χ1v) is 6.40.